The Morgan fingerprint density at radius 1 is 1.24 bits per heavy atom. The number of amides is 2. The molecule has 0 radical (unpaired) electrons. The van der Waals surface area contributed by atoms with Crippen molar-refractivity contribution in [1.82, 2.24) is 19.8 Å². The molecule has 3 rings (SSSR count). The standard InChI is InChI=1S/C16H26N4O/c1-19-12-9-17-15(19)14(13-7-8-13)18-16(21)20-10-5-3-2-4-6-11-20/h9,12-14H,2-8,10-11H2,1H3,(H,18,21)/t14-/m0/s1. The minimum absolute atomic E-state index is 0.0722. The summed E-state index contributed by atoms with van der Waals surface area (Å²) >= 11 is 0. The zero-order valence-electron chi connectivity index (χ0n) is 12.9. The molecule has 1 aromatic rings. The summed E-state index contributed by atoms with van der Waals surface area (Å²) in [6.45, 7) is 1.79. The van der Waals surface area contributed by atoms with Gasteiger partial charge in [-0.05, 0) is 31.6 Å². The van der Waals surface area contributed by atoms with E-state index in [0.717, 1.165) is 31.8 Å². The van der Waals surface area contributed by atoms with Crippen LogP contribution < -0.4 is 5.32 Å². The van der Waals surface area contributed by atoms with Crippen LogP contribution >= 0.6 is 0 Å². The fourth-order valence-electron chi connectivity index (χ4n) is 3.17. The third-order valence-electron chi connectivity index (χ3n) is 4.65. The Morgan fingerprint density at radius 2 is 1.90 bits per heavy atom. The summed E-state index contributed by atoms with van der Waals surface area (Å²) in [7, 11) is 2.00. The fourth-order valence-corrected chi connectivity index (χ4v) is 3.17. The first-order valence-electron chi connectivity index (χ1n) is 8.28. The average molecular weight is 290 g/mol. The van der Waals surface area contributed by atoms with E-state index in [1.54, 1.807) is 0 Å². The van der Waals surface area contributed by atoms with Gasteiger partial charge in [0.1, 0.15) is 5.82 Å². The molecule has 21 heavy (non-hydrogen) atoms. The van der Waals surface area contributed by atoms with Gasteiger partial charge in [-0.2, -0.15) is 0 Å². The minimum atomic E-state index is 0.0722. The Balaban J connectivity index is 1.65. The molecule has 2 fully saturated rings. The van der Waals surface area contributed by atoms with Crippen molar-refractivity contribution < 1.29 is 4.79 Å². The molecular formula is C16H26N4O. The first-order valence-corrected chi connectivity index (χ1v) is 8.28. The second-order valence-corrected chi connectivity index (χ2v) is 6.42. The Morgan fingerprint density at radius 3 is 2.48 bits per heavy atom. The van der Waals surface area contributed by atoms with Gasteiger partial charge in [0.15, 0.2) is 0 Å². The third kappa shape index (κ3) is 3.57. The van der Waals surface area contributed by atoms with Crippen molar-refractivity contribution in [2.24, 2.45) is 13.0 Å². The molecule has 1 N–H and O–H groups in total. The van der Waals surface area contributed by atoms with Gasteiger partial charge in [-0.3, -0.25) is 0 Å². The molecule has 1 saturated carbocycles. The van der Waals surface area contributed by atoms with Gasteiger partial charge < -0.3 is 14.8 Å². The van der Waals surface area contributed by atoms with Gasteiger partial charge in [0.25, 0.3) is 0 Å². The summed E-state index contributed by atoms with van der Waals surface area (Å²) < 4.78 is 2.02. The Labute approximate surface area is 126 Å². The molecule has 0 unspecified atom stereocenters. The van der Waals surface area contributed by atoms with Gasteiger partial charge in [0.05, 0.1) is 6.04 Å². The highest BCUT2D eigenvalue weighted by Gasteiger charge is 2.36. The fraction of sp³-hybridized carbons (Fsp3) is 0.750. The van der Waals surface area contributed by atoms with Gasteiger partial charge in [-0.15, -0.1) is 0 Å². The van der Waals surface area contributed by atoms with Crippen LogP contribution in [-0.4, -0.2) is 33.6 Å². The van der Waals surface area contributed by atoms with Crippen molar-refractivity contribution in [3.05, 3.63) is 18.2 Å². The first kappa shape index (κ1) is 14.4. The van der Waals surface area contributed by atoms with E-state index in [4.69, 9.17) is 0 Å². The summed E-state index contributed by atoms with van der Waals surface area (Å²) in [6, 6.07) is 0.166. The van der Waals surface area contributed by atoms with Gasteiger partial charge in [-0.25, -0.2) is 9.78 Å². The number of rotatable bonds is 3. The van der Waals surface area contributed by atoms with Gasteiger partial charge >= 0.3 is 6.03 Å². The SMILES string of the molecule is Cn1ccnc1[C@@H](NC(=O)N1CCCCCCC1)C1CC1. The van der Waals surface area contributed by atoms with E-state index in [-0.39, 0.29) is 12.1 Å². The Hall–Kier alpha value is -1.52. The van der Waals surface area contributed by atoms with Crippen LogP contribution in [0.3, 0.4) is 0 Å². The van der Waals surface area contributed by atoms with Gasteiger partial charge in [0.2, 0.25) is 0 Å². The van der Waals surface area contributed by atoms with Gasteiger partial charge in [0, 0.05) is 32.5 Å². The summed E-state index contributed by atoms with van der Waals surface area (Å²) in [5, 5.41) is 3.24. The highest BCUT2D eigenvalue weighted by atomic mass is 16.2. The van der Waals surface area contributed by atoms with Crippen molar-refractivity contribution in [3.63, 3.8) is 0 Å². The summed E-state index contributed by atoms with van der Waals surface area (Å²) in [4.78, 5) is 19.0. The van der Waals surface area contributed by atoms with Crippen LogP contribution in [0.1, 0.15) is 56.8 Å². The van der Waals surface area contributed by atoms with Crippen LogP contribution in [0.2, 0.25) is 0 Å². The van der Waals surface area contributed by atoms with Crippen molar-refractivity contribution in [2.45, 2.75) is 51.0 Å². The molecule has 2 aliphatic rings. The first-order chi connectivity index (χ1) is 10.3. The summed E-state index contributed by atoms with van der Waals surface area (Å²) in [5.41, 5.74) is 0. The van der Waals surface area contributed by atoms with Crippen molar-refractivity contribution in [1.29, 1.82) is 0 Å². The van der Waals surface area contributed by atoms with Crippen LogP contribution in [0.15, 0.2) is 12.4 Å². The molecule has 2 heterocycles. The van der Waals surface area contributed by atoms with Gasteiger partial charge in [-0.1, -0.05) is 19.3 Å². The summed E-state index contributed by atoms with van der Waals surface area (Å²) in [6.07, 6.45) is 12.2. The lowest BCUT2D eigenvalue weighted by Gasteiger charge is -2.28. The number of aromatic nitrogens is 2. The quantitative estimate of drug-likeness (QED) is 0.930. The number of carbonyl (C=O) groups is 1. The molecule has 5 nitrogen and oxygen atoms in total. The predicted molar refractivity (Wildman–Crippen MR) is 81.9 cm³/mol. The number of nitrogens with zero attached hydrogens (tertiary/aromatic N) is 3. The zero-order chi connectivity index (χ0) is 14.7. The van der Waals surface area contributed by atoms with Crippen LogP contribution in [0.4, 0.5) is 4.79 Å². The molecule has 0 aromatic carbocycles. The number of carbonyl (C=O) groups excluding carboxylic acids is 1. The maximum absolute atomic E-state index is 12.6. The van der Waals surface area contributed by atoms with E-state index in [0.29, 0.717) is 5.92 Å². The van der Waals surface area contributed by atoms with Crippen molar-refractivity contribution in [2.75, 3.05) is 13.1 Å². The highest BCUT2D eigenvalue weighted by molar-refractivity contribution is 5.74. The third-order valence-corrected chi connectivity index (χ3v) is 4.65. The smallest absolute Gasteiger partial charge is 0.317 e. The van der Waals surface area contributed by atoms with Crippen molar-refractivity contribution in [3.8, 4) is 0 Å². The molecule has 1 aliphatic heterocycles. The van der Waals surface area contributed by atoms with Crippen LogP contribution in [-0.2, 0) is 7.05 Å². The normalized spacial score (nSPS) is 21.5. The maximum atomic E-state index is 12.6. The number of hydrogen-bond donors (Lipinski definition) is 1. The monoisotopic (exact) mass is 290 g/mol. The number of likely N-dealkylation sites (tertiary alicyclic amines) is 1. The molecule has 2 amide bonds. The Bertz CT molecular complexity index is 472. The minimum Gasteiger partial charge on any atom is -0.336 e. The van der Waals surface area contributed by atoms with Crippen LogP contribution in [0, 0.1) is 5.92 Å². The maximum Gasteiger partial charge on any atom is 0.317 e. The lowest BCUT2D eigenvalue weighted by Crippen LogP contribution is -2.44. The van der Waals surface area contributed by atoms with E-state index in [1.807, 2.05) is 28.9 Å². The largest absolute Gasteiger partial charge is 0.336 e. The van der Waals surface area contributed by atoms with E-state index < -0.39 is 0 Å². The lowest BCUT2D eigenvalue weighted by molar-refractivity contribution is 0.186. The lowest BCUT2D eigenvalue weighted by atomic mass is 10.1. The molecule has 5 heteroatoms. The molecule has 0 bridgehead atoms. The number of imidazole rings is 1. The molecule has 1 saturated heterocycles. The second kappa shape index (κ2) is 6.50. The number of nitrogens with one attached hydrogen (secondary N) is 1. The molecule has 116 valence electrons. The number of hydrogen-bond acceptors (Lipinski definition) is 2. The predicted octanol–water partition coefficient (Wildman–Crippen LogP) is 2.85. The molecule has 1 atom stereocenters. The summed E-state index contributed by atoms with van der Waals surface area (Å²) in [5.74, 6) is 1.54. The van der Waals surface area contributed by atoms with E-state index >= 15 is 0 Å². The second-order valence-electron chi connectivity index (χ2n) is 6.42. The highest BCUT2D eigenvalue weighted by Crippen LogP contribution is 2.40. The van der Waals surface area contributed by atoms with Crippen LogP contribution in [0.5, 0.6) is 0 Å². The Kier molecular flexibility index (Phi) is 4.46. The van der Waals surface area contributed by atoms with E-state index in [9.17, 15) is 4.79 Å². The van der Waals surface area contributed by atoms with E-state index in [2.05, 4.69) is 10.3 Å². The molecule has 1 aromatic heterocycles. The molecule has 1 aliphatic carbocycles. The topological polar surface area (TPSA) is 50.2 Å². The zero-order valence-corrected chi connectivity index (χ0v) is 12.9. The number of urea groups is 1. The molecule has 0 spiro atoms. The van der Waals surface area contributed by atoms with Crippen LogP contribution in [0.25, 0.3) is 0 Å². The number of aryl methyl sites for hydroxylation is 1. The van der Waals surface area contributed by atoms with E-state index in [1.165, 1.54) is 32.1 Å². The van der Waals surface area contributed by atoms with Crippen molar-refractivity contribution >= 4 is 6.03 Å². The molecular weight excluding hydrogens is 264 g/mol. The average Bonchev–Trinajstić information content (AvgIpc) is 3.18.